The summed E-state index contributed by atoms with van der Waals surface area (Å²) in [5.41, 5.74) is 7.53. The van der Waals surface area contributed by atoms with Crippen molar-refractivity contribution < 1.29 is 0 Å². The Morgan fingerprint density at radius 3 is 2.74 bits per heavy atom. The van der Waals surface area contributed by atoms with Crippen molar-refractivity contribution in [3.8, 4) is 0 Å². The standard InChI is InChI=1S/C15H21N3S/c1-2-3-4-5-6-9-19-11-7-8-12-13(10-11)15(17)18-14(12)16/h7-8,10H,2-6,9H2,1H3,(H3,16,17,18). The van der Waals surface area contributed by atoms with Crippen LogP contribution in [0.2, 0.25) is 0 Å². The van der Waals surface area contributed by atoms with Crippen LogP contribution in [-0.4, -0.2) is 17.4 Å². The van der Waals surface area contributed by atoms with Crippen LogP contribution in [-0.2, 0) is 0 Å². The monoisotopic (exact) mass is 275 g/mol. The number of rotatable bonds is 7. The van der Waals surface area contributed by atoms with Gasteiger partial charge < -0.3 is 5.73 Å². The molecule has 1 aromatic rings. The highest BCUT2D eigenvalue weighted by atomic mass is 32.2. The first-order valence-corrected chi connectivity index (χ1v) is 7.91. The highest BCUT2D eigenvalue weighted by molar-refractivity contribution is 7.99. The van der Waals surface area contributed by atoms with Gasteiger partial charge in [-0.05, 0) is 30.4 Å². The summed E-state index contributed by atoms with van der Waals surface area (Å²) < 4.78 is 0. The quantitative estimate of drug-likeness (QED) is 0.587. The maximum absolute atomic E-state index is 7.77. The molecule has 3 nitrogen and oxygen atoms in total. The predicted molar refractivity (Wildman–Crippen MR) is 83.5 cm³/mol. The van der Waals surface area contributed by atoms with Gasteiger partial charge in [0.05, 0.1) is 0 Å². The zero-order chi connectivity index (χ0) is 13.7. The summed E-state index contributed by atoms with van der Waals surface area (Å²) in [6.45, 7) is 2.24. The van der Waals surface area contributed by atoms with Crippen LogP contribution >= 0.6 is 11.8 Å². The van der Waals surface area contributed by atoms with Gasteiger partial charge >= 0.3 is 0 Å². The average Bonchev–Trinajstić information content (AvgIpc) is 2.69. The van der Waals surface area contributed by atoms with E-state index in [1.165, 1.54) is 37.0 Å². The minimum atomic E-state index is 0.290. The number of hydrogen-bond acceptors (Lipinski definition) is 3. The number of hydrogen-bond donors (Lipinski definition) is 2. The second-order valence-corrected chi connectivity index (χ2v) is 5.98. The summed E-state index contributed by atoms with van der Waals surface area (Å²) in [5, 5.41) is 7.77. The van der Waals surface area contributed by atoms with Gasteiger partial charge in [-0.15, -0.1) is 11.8 Å². The van der Waals surface area contributed by atoms with Gasteiger partial charge in [-0.25, -0.2) is 4.99 Å². The Hall–Kier alpha value is -1.29. The van der Waals surface area contributed by atoms with Crippen molar-refractivity contribution in [2.75, 3.05) is 5.75 Å². The summed E-state index contributed by atoms with van der Waals surface area (Å²) in [5.74, 6) is 1.90. The molecule has 0 unspecified atom stereocenters. The maximum atomic E-state index is 7.77. The van der Waals surface area contributed by atoms with Gasteiger partial charge in [0.25, 0.3) is 0 Å². The third kappa shape index (κ3) is 3.60. The molecule has 0 saturated heterocycles. The molecule has 0 aliphatic carbocycles. The number of amidine groups is 2. The van der Waals surface area contributed by atoms with Crippen LogP contribution in [0.15, 0.2) is 28.1 Å². The lowest BCUT2D eigenvalue weighted by Gasteiger charge is -2.05. The zero-order valence-electron chi connectivity index (χ0n) is 11.4. The van der Waals surface area contributed by atoms with E-state index in [2.05, 4.69) is 18.0 Å². The molecule has 0 aromatic heterocycles. The van der Waals surface area contributed by atoms with Gasteiger partial charge in [-0.3, -0.25) is 5.41 Å². The van der Waals surface area contributed by atoms with Crippen LogP contribution in [0.1, 0.15) is 50.2 Å². The van der Waals surface area contributed by atoms with E-state index in [1.54, 1.807) is 0 Å². The number of nitrogens with two attached hydrogens (primary N) is 1. The molecule has 0 radical (unpaired) electrons. The third-order valence-electron chi connectivity index (χ3n) is 3.27. The van der Waals surface area contributed by atoms with Crippen LogP contribution in [0, 0.1) is 5.41 Å². The van der Waals surface area contributed by atoms with Crippen molar-refractivity contribution in [1.29, 1.82) is 5.41 Å². The number of aliphatic imine (C=N–C) groups is 1. The molecule has 0 spiro atoms. The lowest BCUT2D eigenvalue weighted by molar-refractivity contribution is 0.659. The lowest BCUT2D eigenvalue weighted by Crippen LogP contribution is -2.10. The van der Waals surface area contributed by atoms with E-state index in [-0.39, 0.29) is 5.84 Å². The number of fused-ring (bicyclic) bond motifs is 1. The van der Waals surface area contributed by atoms with Gasteiger partial charge in [0, 0.05) is 16.0 Å². The van der Waals surface area contributed by atoms with Crippen LogP contribution < -0.4 is 5.73 Å². The van der Waals surface area contributed by atoms with Crippen molar-refractivity contribution in [3.63, 3.8) is 0 Å². The maximum Gasteiger partial charge on any atom is 0.154 e. The van der Waals surface area contributed by atoms with Gasteiger partial charge in [0.15, 0.2) is 5.84 Å². The third-order valence-corrected chi connectivity index (χ3v) is 4.35. The van der Waals surface area contributed by atoms with Crippen molar-refractivity contribution in [3.05, 3.63) is 29.3 Å². The molecule has 1 aliphatic rings. The van der Waals surface area contributed by atoms with Crippen molar-refractivity contribution >= 4 is 23.4 Å². The van der Waals surface area contributed by atoms with Crippen molar-refractivity contribution in [2.45, 2.75) is 43.9 Å². The second kappa shape index (κ2) is 6.75. The Kier molecular flexibility index (Phi) is 5.02. The van der Waals surface area contributed by atoms with Gasteiger partial charge in [0.2, 0.25) is 0 Å². The molecule has 4 heteroatoms. The number of nitrogens with one attached hydrogen (secondary N) is 1. The Balaban J connectivity index is 1.83. The molecule has 1 heterocycles. The molecule has 0 atom stereocenters. The van der Waals surface area contributed by atoms with Gasteiger partial charge in [-0.2, -0.15) is 0 Å². The molecule has 0 amide bonds. The van der Waals surface area contributed by atoms with E-state index in [1.807, 2.05) is 23.9 Å². The molecule has 1 aromatic carbocycles. The highest BCUT2D eigenvalue weighted by Gasteiger charge is 2.18. The lowest BCUT2D eigenvalue weighted by atomic mass is 10.1. The smallest absolute Gasteiger partial charge is 0.154 e. The molecule has 19 heavy (non-hydrogen) atoms. The van der Waals surface area contributed by atoms with Gasteiger partial charge in [-0.1, -0.05) is 32.6 Å². The van der Waals surface area contributed by atoms with E-state index in [0.717, 1.165) is 16.9 Å². The van der Waals surface area contributed by atoms with Crippen LogP contribution in [0.3, 0.4) is 0 Å². The fourth-order valence-corrected chi connectivity index (χ4v) is 3.12. The molecule has 0 bridgehead atoms. The number of unbranched alkanes of at least 4 members (excludes halogenated alkanes) is 4. The Bertz CT molecular complexity index is 494. The Labute approximate surface area is 119 Å². The first-order valence-electron chi connectivity index (χ1n) is 6.92. The minimum Gasteiger partial charge on any atom is -0.383 e. The number of nitrogens with zero attached hydrogens (tertiary/aromatic N) is 1. The average molecular weight is 275 g/mol. The fraction of sp³-hybridized carbons (Fsp3) is 0.467. The molecule has 3 N–H and O–H groups in total. The molecular formula is C15H21N3S. The molecule has 2 rings (SSSR count). The Morgan fingerprint density at radius 1 is 1.16 bits per heavy atom. The SMILES string of the molecule is CCCCCCCSc1ccc2c(c1)C(=N)N=C2N. The normalized spacial score (nSPS) is 13.5. The molecule has 0 saturated carbocycles. The van der Waals surface area contributed by atoms with E-state index in [9.17, 15) is 0 Å². The summed E-state index contributed by atoms with van der Waals surface area (Å²) in [6.07, 6.45) is 6.56. The zero-order valence-corrected chi connectivity index (χ0v) is 12.2. The fourth-order valence-electron chi connectivity index (χ4n) is 2.17. The topological polar surface area (TPSA) is 62.2 Å². The minimum absolute atomic E-state index is 0.290. The highest BCUT2D eigenvalue weighted by Crippen LogP contribution is 2.26. The van der Waals surface area contributed by atoms with E-state index >= 15 is 0 Å². The predicted octanol–water partition coefficient (Wildman–Crippen LogP) is 3.79. The molecule has 0 fully saturated rings. The number of thioether (sulfide) groups is 1. The largest absolute Gasteiger partial charge is 0.383 e. The summed E-state index contributed by atoms with van der Waals surface area (Å²) in [7, 11) is 0. The van der Waals surface area contributed by atoms with Crippen LogP contribution in [0.4, 0.5) is 0 Å². The second-order valence-electron chi connectivity index (χ2n) is 4.82. The first-order chi connectivity index (χ1) is 9.22. The van der Waals surface area contributed by atoms with Crippen LogP contribution in [0.25, 0.3) is 0 Å². The Morgan fingerprint density at radius 2 is 1.95 bits per heavy atom. The van der Waals surface area contributed by atoms with Crippen molar-refractivity contribution in [2.24, 2.45) is 10.7 Å². The van der Waals surface area contributed by atoms with Gasteiger partial charge in [0.1, 0.15) is 5.84 Å². The summed E-state index contributed by atoms with van der Waals surface area (Å²) >= 11 is 1.86. The van der Waals surface area contributed by atoms with E-state index in [0.29, 0.717) is 5.84 Å². The number of benzene rings is 1. The molecular weight excluding hydrogens is 254 g/mol. The summed E-state index contributed by atoms with van der Waals surface area (Å²) in [4.78, 5) is 5.21. The van der Waals surface area contributed by atoms with E-state index < -0.39 is 0 Å². The molecule has 1 aliphatic heterocycles. The molecule has 102 valence electrons. The van der Waals surface area contributed by atoms with E-state index in [4.69, 9.17) is 11.1 Å². The first kappa shape index (κ1) is 14.1. The van der Waals surface area contributed by atoms with Crippen LogP contribution in [0.5, 0.6) is 0 Å². The summed E-state index contributed by atoms with van der Waals surface area (Å²) in [6, 6.07) is 6.10. The van der Waals surface area contributed by atoms with Crippen molar-refractivity contribution in [1.82, 2.24) is 0 Å².